The van der Waals surface area contributed by atoms with Crippen LogP contribution in [0.4, 0.5) is 18.9 Å². The first kappa shape index (κ1) is 13.7. The van der Waals surface area contributed by atoms with Crippen molar-refractivity contribution in [3.63, 3.8) is 0 Å². The fourth-order valence-electron chi connectivity index (χ4n) is 3.03. The zero-order valence-corrected chi connectivity index (χ0v) is 11.5. The van der Waals surface area contributed by atoms with Crippen molar-refractivity contribution in [1.29, 1.82) is 0 Å². The van der Waals surface area contributed by atoms with Crippen molar-refractivity contribution in [2.24, 2.45) is 5.92 Å². The van der Waals surface area contributed by atoms with E-state index in [0.717, 1.165) is 19.0 Å². The number of piperazine rings is 1. The highest BCUT2D eigenvalue weighted by molar-refractivity contribution is 5.50. The second-order valence-electron chi connectivity index (χ2n) is 5.76. The number of benzene rings is 1. The first-order valence-corrected chi connectivity index (χ1v) is 7.25. The summed E-state index contributed by atoms with van der Waals surface area (Å²) in [4.78, 5) is 1.90. The topological polar surface area (TPSA) is 15.3 Å². The van der Waals surface area contributed by atoms with Gasteiger partial charge in [-0.25, -0.2) is 13.2 Å². The van der Waals surface area contributed by atoms with Crippen molar-refractivity contribution in [2.75, 3.05) is 18.0 Å². The SMILES string of the molecule is CCC1CNC(C2CC2)CN1c1ccc(F)c(F)c1F. The average Bonchev–Trinajstić information content (AvgIpc) is 3.29. The first-order chi connectivity index (χ1) is 9.61. The molecule has 2 atom stereocenters. The molecule has 2 aliphatic rings. The number of rotatable bonds is 3. The molecule has 2 fully saturated rings. The Kier molecular flexibility index (Phi) is 3.63. The van der Waals surface area contributed by atoms with Crippen LogP contribution in [-0.4, -0.2) is 25.2 Å². The van der Waals surface area contributed by atoms with Gasteiger partial charge in [-0.15, -0.1) is 0 Å². The molecule has 1 aliphatic carbocycles. The van der Waals surface area contributed by atoms with Gasteiger partial charge < -0.3 is 10.2 Å². The lowest BCUT2D eigenvalue weighted by molar-refractivity contribution is 0.354. The summed E-state index contributed by atoms with van der Waals surface area (Å²) in [6.07, 6.45) is 3.23. The van der Waals surface area contributed by atoms with E-state index >= 15 is 0 Å². The Morgan fingerprint density at radius 2 is 1.95 bits per heavy atom. The third-order valence-corrected chi connectivity index (χ3v) is 4.44. The van der Waals surface area contributed by atoms with Gasteiger partial charge in [-0.2, -0.15) is 0 Å². The van der Waals surface area contributed by atoms with Gasteiger partial charge in [0.1, 0.15) is 0 Å². The van der Waals surface area contributed by atoms with Crippen LogP contribution in [0.3, 0.4) is 0 Å². The molecular formula is C15H19F3N2. The van der Waals surface area contributed by atoms with Crippen LogP contribution in [0.1, 0.15) is 26.2 Å². The highest BCUT2D eigenvalue weighted by Crippen LogP contribution is 2.36. The number of nitrogens with zero attached hydrogens (tertiary/aromatic N) is 1. The van der Waals surface area contributed by atoms with Crippen LogP contribution in [0.25, 0.3) is 0 Å². The summed E-state index contributed by atoms with van der Waals surface area (Å²) < 4.78 is 40.6. The van der Waals surface area contributed by atoms with Crippen LogP contribution < -0.4 is 10.2 Å². The maximum atomic E-state index is 14.0. The van der Waals surface area contributed by atoms with E-state index in [1.807, 2.05) is 11.8 Å². The van der Waals surface area contributed by atoms with Crippen LogP contribution >= 0.6 is 0 Å². The van der Waals surface area contributed by atoms with Gasteiger partial charge in [0.2, 0.25) is 0 Å². The monoisotopic (exact) mass is 284 g/mol. The zero-order valence-electron chi connectivity index (χ0n) is 11.5. The number of nitrogens with one attached hydrogen (secondary N) is 1. The minimum absolute atomic E-state index is 0.115. The van der Waals surface area contributed by atoms with Crippen molar-refractivity contribution in [1.82, 2.24) is 5.32 Å². The fourth-order valence-corrected chi connectivity index (χ4v) is 3.03. The molecule has 1 aromatic rings. The second-order valence-corrected chi connectivity index (χ2v) is 5.76. The van der Waals surface area contributed by atoms with Crippen LogP contribution in [0.5, 0.6) is 0 Å². The van der Waals surface area contributed by atoms with Gasteiger partial charge in [0.15, 0.2) is 17.5 Å². The predicted molar refractivity (Wildman–Crippen MR) is 72.3 cm³/mol. The molecule has 0 aromatic heterocycles. The summed E-state index contributed by atoms with van der Waals surface area (Å²) in [5.41, 5.74) is 0.183. The standard InChI is InChI=1S/C15H19F3N2/c1-2-10-7-19-12(9-3-4-9)8-20(10)13-6-5-11(16)14(17)15(13)18/h5-6,9-10,12,19H,2-4,7-8H2,1H3. The molecule has 1 saturated carbocycles. The Hall–Kier alpha value is -1.23. The van der Waals surface area contributed by atoms with Gasteiger partial charge in [-0.3, -0.25) is 0 Å². The molecule has 1 N–H and O–H groups in total. The maximum Gasteiger partial charge on any atom is 0.196 e. The lowest BCUT2D eigenvalue weighted by Crippen LogP contribution is -2.57. The van der Waals surface area contributed by atoms with Gasteiger partial charge in [0.25, 0.3) is 0 Å². The number of hydrogen-bond acceptors (Lipinski definition) is 2. The molecule has 3 rings (SSSR count). The van der Waals surface area contributed by atoms with Crippen molar-refractivity contribution >= 4 is 5.69 Å². The Labute approximate surface area is 117 Å². The lowest BCUT2D eigenvalue weighted by Gasteiger charge is -2.42. The highest BCUT2D eigenvalue weighted by Gasteiger charge is 2.37. The van der Waals surface area contributed by atoms with Crippen molar-refractivity contribution < 1.29 is 13.2 Å². The minimum Gasteiger partial charge on any atom is -0.363 e. The summed E-state index contributed by atoms with van der Waals surface area (Å²) in [6, 6.07) is 2.80. The predicted octanol–water partition coefficient (Wildman–Crippen LogP) is 3.07. The fraction of sp³-hybridized carbons (Fsp3) is 0.600. The quantitative estimate of drug-likeness (QED) is 0.858. The second kappa shape index (κ2) is 5.28. The summed E-state index contributed by atoms with van der Waals surface area (Å²) >= 11 is 0. The molecule has 2 unspecified atom stereocenters. The minimum atomic E-state index is -1.38. The normalized spacial score (nSPS) is 26.9. The molecule has 0 amide bonds. The molecular weight excluding hydrogens is 265 g/mol. The van der Waals surface area contributed by atoms with E-state index in [0.29, 0.717) is 18.5 Å². The molecule has 1 aliphatic heterocycles. The van der Waals surface area contributed by atoms with Gasteiger partial charge >= 0.3 is 0 Å². The van der Waals surface area contributed by atoms with E-state index in [1.165, 1.54) is 18.9 Å². The highest BCUT2D eigenvalue weighted by atomic mass is 19.2. The van der Waals surface area contributed by atoms with Crippen molar-refractivity contribution in [2.45, 2.75) is 38.3 Å². The molecule has 5 heteroatoms. The Bertz CT molecular complexity index is 502. The van der Waals surface area contributed by atoms with E-state index < -0.39 is 17.5 Å². The number of halogens is 3. The number of anilines is 1. The largest absolute Gasteiger partial charge is 0.363 e. The van der Waals surface area contributed by atoms with Crippen molar-refractivity contribution in [3.05, 3.63) is 29.6 Å². The van der Waals surface area contributed by atoms with E-state index in [2.05, 4.69) is 5.32 Å². The Balaban J connectivity index is 1.90. The Morgan fingerprint density at radius 3 is 2.60 bits per heavy atom. The molecule has 0 bridgehead atoms. The average molecular weight is 284 g/mol. The van der Waals surface area contributed by atoms with Crippen LogP contribution in [-0.2, 0) is 0 Å². The third kappa shape index (κ3) is 2.39. The van der Waals surface area contributed by atoms with E-state index in [4.69, 9.17) is 0 Å². The van der Waals surface area contributed by atoms with Gasteiger partial charge in [-0.1, -0.05) is 6.92 Å². The first-order valence-electron chi connectivity index (χ1n) is 7.25. The third-order valence-electron chi connectivity index (χ3n) is 4.44. The molecule has 110 valence electrons. The summed E-state index contributed by atoms with van der Waals surface area (Å²) in [5, 5.41) is 3.50. The maximum absolute atomic E-state index is 14.0. The summed E-state index contributed by atoms with van der Waals surface area (Å²) in [7, 11) is 0. The van der Waals surface area contributed by atoms with Gasteiger partial charge in [0, 0.05) is 25.2 Å². The summed E-state index contributed by atoms with van der Waals surface area (Å²) in [6.45, 7) is 3.44. The van der Waals surface area contributed by atoms with Crippen molar-refractivity contribution in [3.8, 4) is 0 Å². The molecule has 0 spiro atoms. The molecule has 20 heavy (non-hydrogen) atoms. The molecule has 0 radical (unpaired) electrons. The number of hydrogen-bond donors (Lipinski definition) is 1. The lowest BCUT2D eigenvalue weighted by atomic mass is 10.0. The molecule has 2 nitrogen and oxygen atoms in total. The molecule has 1 heterocycles. The van der Waals surface area contributed by atoms with E-state index in [9.17, 15) is 13.2 Å². The smallest absolute Gasteiger partial charge is 0.196 e. The van der Waals surface area contributed by atoms with E-state index in [1.54, 1.807) is 0 Å². The molecule has 1 aromatic carbocycles. The van der Waals surface area contributed by atoms with Crippen LogP contribution in [0.2, 0.25) is 0 Å². The Morgan fingerprint density at radius 1 is 1.20 bits per heavy atom. The van der Waals surface area contributed by atoms with Gasteiger partial charge in [0.05, 0.1) is 5.69 Å². The van der Waals surface area contributed by atoms with E-state index in [-0.39, 0.29) is 11.7 Å². The summed E-state index contributed by atoms with van der Waals surface area (Å²) in [5.74, 6) is -2.93. The molecule has 1 saturated heterocycles. The van der Waals surface area contributed by atoms with Crippen LogP contribution in [0, 0.1) is 23.4 Å². The van der Waals surface area contributed by atoms with Gasteiger partial charge in [-0.05, 0) is 37.3 Å². The van der Waals surface area contributed by atoms with Crippen LogP contribution in [0.15, 0.2) is 12.1 Å². The zero-order chi connectivity index (χ0) is 14.3.